The number of hydrogen-bond donors (Lipinski definition) is 1. The van der Waals surface area contributed by atoms with Crippen LogP contribution in [0.1, 0.15) is 44.2 Å². The van der Waals surface area contributed by atoms with Crippen molar-refractivity contribution in [1.29, 1.82) is 0 Å². The summed E-state index contributed by atoms with van der Waals surface area (Å²) >= 11 is 0. The lowest BCUT2D eigenvalue weighted by molar-refractivity contribution is 0.403. The molecule has 0 saturated heterocycles. The zero-order valence-electron chi connectivity index (χ0n) is 12.9. The van der Waals surface area contributed by atoms with Crippen molar-refractivity contribution in [1.82, 2.24) is 5.32 Å². The Kier molecular flexibility index (Phi) is 3.88. The summed E-state index contributed by atoms with van der Waals surface area (Å²) in [6.07, 6.45) is 5.50. The van der Waals surface area contributed by atoms with Crippen molar-refractivity contribution in [3.05, 3.63) is 23.8 Å². The molecule has 0 aliphatic heterocycles. The molecule has 1 atom stereocenters. The van der Waals surface area contributed by atoms with Crippen molar-refractivity contribution in [2.45, 2.75) is 44.7 Å². The molecule has 2 fully saturated rings. The van der Waals surface area contributed by atoms with Gasteiger partial charge in [-0.2, -0.15) is 0 Å². The van der Waals surface area contributed by atoms with E-state index in [-0.39, 0.29) is 0 Å². The molecule has 1 aromatic rings. The highest BCUT2D eigenvalue weighted by atomic mass is 16.5. The Balaban J connectivity index is 1.96. The second-order valence-corrected chi connectivity index (χ2v) is 6.23. The van der Waals surface area contributed by atoms with Gasteiger partial charge in [0.2, 0.25) is 0 Å². The van der Waals surface area contributed by atoms with E-state index in [1.807, 2.05) is 7.05 Å². The van der Waals surface area contributed by atoms with E-state index in [2.05, 4.69) is 35.3 Å². The molecule has 3 heteroatoms. The third-order valence-corrected chi connectivity index (χ3v) is 4.58. The second kappa shape index (κ2) is 5.65. The number of nitrogens with one attached hydrogen (secondary N) is 1. The van der Waals surface area contributed by atoms with Crippen LogP contribution >= 0.6 is 0 Å². The van der Waals surface area contributed by atoms with Gasteiger partial charge in [0.1, 0.15) is 5.75 Å². The number of hydrogen-bond acceptors (Lipinski definition) is 3. The maximum absolute atomic E-state index is 5.61. The van der Waals surface area contributed by atoms with Crippen molar-refractivity contribution in [2.24, 2.45) is 5.92 Å². The van der Waals surface area contributed by atoms with E-state index in [4.69, 9.17) is 4.74 Å². The highest BCUT2D eigenvalue weighted by Gasteiger charge is 2.35. The number of ether oxygens (including phenoxy) is 1. The van der Waals surface area contributed by atoms with E-state index in [0.717, 1.165) is 17.7 Å². The molecular formula is C17H26N2O. The molecule has 0 bridgehead atoms. The number of nitrogens with zero attached hydrogens (tertiary/aromatic N) is 1. The highest BCUT2D eigenvalue weighted by Crippen LogP contribution is 2.42. The van der Waals surface area contributed by atoms with Gasteiger partial charge in [0.05, 0.1) is 7.11 Å². The minimum atomic E-state index is 0.307. The molecule has 3 nitrogen and oxygen atoms in total. The monoisotopic (exact) mass is 274 g/mol. The predicted octanol–water partition coefficient (Wildman–Crippen LogP) is 3.35. The van der Waals surface area contributed by atoms with Gasteiger partial charge in [-0.15, -0.1) is 0 Å². The lowest BCUT2D eigenvalue weighted by Crippen LogP contribution is -2.30. The maximum Gasteiger partial charge on any atom is 0.125 e. The standard InChI is InChI=1S/C17H26N2O/c1-12(18-2)17-15(5-4-6-16(17)20-3)19(14-9-10-14)11-13-7-8-13/h4-6,12-14,18H,7-11H2,1-3H3. The Morgan fingerprint density at radius 2 is 2.05 bits per heavy atom. The van der Waals surface area contributed by atoms with Crippen molar-refractivity contribution < 1.29 is 4.74 Å². The van der Waals surface area contributed by atoms with E-state index in [9.17, 15) is 0 Å². The van der Waals surface area contributed by atoms with Gasteiger partial charge in [0.15, 0.2) is 0 Å². The summed E-state index contributed by atoms with van der Waals surface area (Å²) < 4.78 is 5.61. The fourth-order valence-electron chi connectivity index (χ4n) is 2.95. The third-order valence-electron chi connectivity index (χ3n) is 4.58. The summed E-state index contributed by atoms with van der Waals surface area (Å²) in [7, 11) is 3.79. The molecule has 0 heterocycles. The Hall–Kier alpha value is -1.22. The van der Waals surface area contributed by atoms with Gasteiger partial charge in [-0.3, -0.25) is 0 Å². The molecule has 0 aromatic heterocycles. The highest BCUT2D eigenvalue weighted by molar-refractivity contribution is 5.62. The van der Waals surface area contributed by atoms with Gasteiger partial charge in [0, 0.05) is 29.9 Å². The molecule has 0 radical (unpaired) electrons. The first-order valence-electron chi connectivity index (χ1n) is 7.85. The van der Waals surface area contributed by atoms with E-state index >= 15 is 0 Å². The molecule has 0 amide bonds. The van der Waals surface area contributed by atoms with Gasteiger partial charge < -0.3 is 15.0 Å². The quantitative estimate of drug-likeness (QED) is 0.825. The van der Waals surface area contributed by atoms with Crippen LogP contribution in [-0.2, 0) is 0 Å². The molecule has 3 rings (SSSR count). The van der Waals surface area contributed by atoms with Crippen LogP contribution in [-0.4, -0.2) is 26.7 Å². The normalized spacial score (nSPS) is 19.8. The summed E-state index contributed by atoms with van der Waals surface area (Å²) in [5.74, 6) is 1.92. The average Bonchev–Trinajstić information content (AvgIpc) is 3.36. The van der Waals surface area contributed by atoms with Crippen LogP contribution in [0.5, 0.6) is 5.75 Å². The molecule has 110 valence electrons. The Bertz CT molecular complexity index is 466. The van der Waals surface area contributed by atoms with Crippen LogP contribution in [0, 0.1) is 5.92 Å². The fourth-order valence-corrected chi connectivity index (χ4v) is 2.95. The Morgan fingerprint density at radius 3 is 2.60 bits per heavy atom. The van der Waals surface area contributed by atoms with Crippen LogP contribution in [0.4, 0.5) is 5.69 Å². The summed E-state index contributed by atoms with van der Waals surface area (Å²) in [6, 6.07) is 7.54. The molecule has 1 aromatic carbocycles. The largest absolute Gasteiger partial charge is 0.496 e. The first-order chi connectivity index (χ1) is 9.74. The summed E-state index contributed by atoms with van der Waals surface area (Å²) in [5, 5.41) is 3.37. The lowest BCUT2D eigenvalue weighted by Gasteiger charge is -2.30. The van der Waals surface area contributed by atoms with Crippen LogP contribution in [0.25, 0.3) is 0 Å². The lowest BCUT2D eigenvalue weighted by atomic mass is 10.0. The smallest absolute Gasteiger partial charge is 0.125 e. The summed E-state index contributed by atoms with van der Waals surface area (Å²) in [4.78, 5) is 2.64. The molecule has 2 saturated carbocycles. The van der Waals surface area contributed by atoms with Crippen LogP contribution in [0.2, 0.25) is 0 Å². The third kappa shape index (κ3) is 2.78. The molecule has 0 spiro atoms. The minimum absolute atomic E-state index is 0.307. The number of benzene rings is 1. The predicted molar refractivity (Wildman–Crippen MR) is 83.6 cm³/mol. The van der Waals surface area contributed by atoms with Crippen LogP contribution in [0.3, 0.4) is 0 Å². The zero-order valence-corrected chi connectivity index (χ0v) is 12.9. The molecule has 1 unspecified atom stereocenters. The van der Waals surface area contributed by atoms with Crippen molar-refractivity contribution in [3.8, 4) is 5.75 Å². The fraction of sp³-hybridized carbons (Fsp3) is 0.647. The van der Waals surface area contributed by atoms with Gasteiger partial charge >= 0.3 is 0 Å². The van der Waals surface area contributed by atoms with E-state index in [1.165, 1.54) is 43.5 Å². The molecule has 1 N–H and O–H groups in total. The molecule has 20 heavy (non-hydrogen) atoms. The second-order valence-electron chi connectivity index (χ2n) is 6.23. The van der Waals surface area contributed by atoms with Crippen molar-refractivity contribution in [2.75, 3.05) is 25.6 Å². The molecule has 2 aliphatic carbocycles. The van der Waals surface area contributed by atoms with Crippen LogP contribution in [0.15, 0.2) is 18.2 Å². The van der Waals surface area contributed by atoms with E-state index in [0.29, 0.717) is 6.04 Å². The number of anilines is 1. The minimum Gasteiger partial charge on any atom is -0.496 e. The van der Waals surface area contributed by atoms with Crippen molar-refractivity contribution in [3.63, 3.8) is 0 Å². The first kappa shape index (κ1) is 13.7. The van der Waals surface area contributed by atoms with E-state index in [1.54, 1.807) is 7.11 Å². The van der Waals surface area contributed by atoms with E-state index < -0.39 is 0 Å². The molecule has 2 aliphatic rings. The van der Waals surface area contributed by atoms with Crippen LogP contribution < -0.4 is 15.0 Å². The van der Waals surface area contributed by atoms with Gasteiger partial charge in [-0.25, -0.2) is 0 Å². The SMILES string of the molecule is CNC(C)c1c(OC)cccc1N(CC1CC1)C1CC1. The average molecular weight is 274 g/mol. The Labute approximate surface area is 122 Å². The maximum atomic E-state index is 5.61. The summed E-state index contributed by atoms with van der Waals surface area (Å²) in [5.41, 5.74) is 2.69. The summed E-state index contributed by atoms with van der Waals surface area (Å²) in [6.45, 7) is 3.44. The number of rotatable bonds is 7. The number of methoxy groups -OCH3 is 1. The van der Waals surface area contributed by atoms with Gasteiger partial charge in [0.25, 0.3) is 0 Å². The van der Waals surface area contributed by atoms with Gasteiger partial charge in [-0.1, -0.05) is 6.07 Å². The molecular weight excluding hydrogens is 248 g/mol. The zero-order chi connectivity index (χ0) is 14.1. The topological polar surface area (TPSA) is 24.5 Å². The Morgan fingerprint density at radius 1 is 1.30 bits per heavy atom. The van der Waals surface area contributed by atoms with Gasteiger partial charge in [-0.05, 0) is 57.7 Å². The first-order valence-corrected chi connectivity index (χ1v) is 7.85. The van der Waals surface area contributed by atoms with Crippen molar-refractivity contribution >= 4 is 5.69 Å².